The van der Waals surface area contributed by atoms with Crippen molar-refractivity contribution in [1.82, 2.24) is 0 Å². The van der Waals surface area contributed by atoms with Crippen LogP contribution in [-0.2, 0) is 6.42 Å². The highest BCUT2D eigenvalue weighted by Crippen LogP contribution is 2.32. The Labute approximate surface area is 139 Å². The molecule has 3 rings (SSSR count). The highest BCUT2D eigenvalue weighted by atomic mass is 16.3. The smallest absolute Gasteiger partial charge is 0.207 e. The topological polar surface area (TPSA) is 11.3 Å². The minimum atomic E-state index is 0.983. The fourth-order valence-corrected chi connectivity index (χ4v) is 3.30. The van der Waals surface area contributed by atoms with E-state index in [9.17, 15) is 0 Å². The number of fused-ring (bicyclic) bond motifs is 1. The highest BCUT2D eigenvalue weighted by Gasteiger charge is 2.21. The fraction of sp³-hybridized carbons (Fsp3) is 0.318. The fourth-order valence-electron chi connectivity index (χ4n) is 3.30. The number of rotatable bonds is 2. The molecule has 0 unspecified atom stereocenters. The van der Waals surface area contributed by atoms with Gasteiger partial charge < -0.3 is 0 Å². The molecular weight excluding hydrogens is 280 g/mol. The molecule has 3 aromatic rings. The molecule has 0 N–H and O–H groups in total. The first kappa shape index (κ1) is 15.7. The van der Waals surface area contributed by atoms with Crippen molar-refractivity contribution in [3.63, 3.8) is 0 Å². The van der Waals surface area contributed by atoms with E-state index in [2.05, 4.69) is 71.9 Å². The third kappa shape index (κ3) is 2.76. The maximum absolute atomic E-state index is 6.35. The van der Waals surface area contributed by atoms with Gasteiger partial charge in [0.1, 0.15) is 0 Å². The molecule has 0 bridgehead atoms. The van der Waals surface area contributed by atoms with Crippen LogP contribution in [0.15, 0.2) is 34.7 Å². The lowest BCUT2D eigenvalue weighted by Gasteiger charge is -2.07. The number of benzene rings is 2. The van der Waals surface area contributed by atoms with Gasteiger partial charge in [-0.25, -0.2) is 4.42 Å². The predicted molar refractivity (Wildman–Crippen MR) is 99.1 cm³/mol. The van der Waals surface area contributed by atoms with E-state index >= 15 is 0 Å². The second-order valence-electron chi connectivity index (χ2n) is 6.68. The summed E-state index contributed by atoms with van der Waals surface area (Å²) in [4.78, 5) is 0. The highest BCUT2D eigenvalue weighted by molar-refractivity contribution is 5.84. The molecule has 1 nitrogen and oxygen atoms in total. The first-order valence-corrected chi connectivity index (χ1v) is 8.36. The summed E-state index contributed by atoms with van der Waals surface area (Å²) in [6, 6.07) is 11.1. The molecule has 1 aromatic heterocycles. The van der Waals surface area contributed by atoms with Crippen LogP contribution >= 0.6 is 0 Å². The molecule has 0 amide bonds. The van der Waals surface area contributed by atoms with E-state index in [1.807, 2.05) is 0 Å². The van der Waals surface area contributed by atoms with Gasteiger partial charge >= 0.3 is 11.3 Å². The van der Waals surface area contributed by atoms with Crippen LogP contribution in [0.25, 0.3) is 22.3 Å². The largest absolute Gasteiger partial charge is 0.363 e. The van der Waals surface area contributed by atoms with E-state index < -0.39 is 0 Å². The molecule has 0 aliphatic heterocycles. The Morgan fingerprint density at radius 3 is 2.04 bits per heavy atom. The molecule has 0 saturated carbocycles. The standard InChI is InChI=1S/C22H25O/c1-7-18-8-13(2)9-21-20(18)12-16(5)22(23-21)19-10-14(3)17(6)15(4)11-19/h8-12H,7H2,1-6H3/q+1. The summed E-state index contributed by atoms with van der Waals surface area (Å²) < 4.78 is 6.35. The van der Waals surface area contributed by atoms with Crippen LogP contribution in [0.4, 0.5) is 0 Å². The Morgan fingerprint density at radius 2 is 1.43 bits per heavy atom. The lowest BCUT2D eigenvalue weighted by molar-refractivity contribution is 0.614. The predicted octanol–water partition coefficient (Wildman–Crippen LogP) is 6.49. The Morgan fingerprint density at radius 1 is 0.783 bits per heavy atom. The van der Waals surface area contributed by atoms with Gasteiger partial charge in [0.05, 0.1) is 16.5 Å². The molecule has 118 valence electrons. The second-order valence-corrected chi connectivity index (χ2v) is 6.68. The van der Waals surface area contributed by atoms with E-state index in [1.165, 1.54) is 44.3 Å². The Hall–Kier alpha value is -2.15. The SMILES string of the molecule is CCc1cc(C)cc2[o+]c(-c3cc(C)c(C)c(C)c3)c(C)cc12. The summed E-state index contributed by atoms with van der Waals surface area (Å²) >= 11 is 0. The zero-order valence-electron chi connectivity index (χ0n) is 15.0. The Kier molecular flexibility index (Phi) is 3.97. The van der Waals surface area contributed by atoms with Gasteiger partial charge in [-0.2, -0.15) is 0 Å². The molecule has 23 heavy (non-hydrogen) atoms. The number of hydrogen-bond donors (Lipinski definition) is 0. The van der Waals surface area contributed by atoms with Gasteiger partial charge in [-0.05, 0) is 87.1 Å². The molecule has 1 heteroatoms. The summed E-state index contributed by atoms with van der Waals surface area (Å²) in [5, 5.41) is 1.24. The third-order valence-electron chi connectivity index (χ3n) is 4.87. The number of aryl methyl sites for hydroxylation is 5. The van der Waals surface area contributed by atoms with Crippen molar-refractivity contribution in [2.75, 3.05) is 0 Å². The summed E-state index contributed by atoms with van der Waals surface area (Å²) in [6.07, 6.45) is 1.02. The zero-order valence-corrected chi connectivity index (χ0v) is 15.0. The Balaban J connectivity index is 2.29. The maximum Gasteiger partial charge on any atom is 0.363 e. The van der Waals surface area contributed by atoms with Crippen molar-refractivity contribution in [3.05, 3.63) is 63.7 Å². The first-order valence-electron chi connectivity index (χ1n) is 8.36. The summed E-state index contributed by atoms with van der Waals surface area (Å²) in [5.74, 6) is 0.983. The van der Waals surface area contributed by atoms with Crippen LogP contribution in [-0.4, -0.2) is 0 Å². The monoisotopic (exact) mass is 305 g/mol. The van der Waals surface area contributed by atoms with E-state index in [4.69, 9.17) is 4.42 Å². The van der Waals surface area contributed by atoms with Crippen LogP contribution < -0.4 is 0 Å². The van der Waals surface area contributed by atoms with Crippen molar-refractivity contribution in [1.29, 1.82) is 0 Å². The van der Waals surface area contributed by atoms with Crippen LogP contribution in [0, 0.1) is 34.6 Å². The third-order valence-corrected chi connectivity index (χ3v) is 4.87. The summed E-state index contributed by atoms with van der Waals surface area (Å²) in [7, 11) is 0. The van der Waals surface area contributed by atoms with Crippen molar-refractivity contribution < 1.29 is 4.42 Å². The molecule has 0 saturated heterocycles. The molecule has 2 aromatic carbocycles. The van der Waals surface area contributed by atoms with Crippen molar-refractivity contribution in [2.45, 2.75) is 48.0 Å². The van der Waals surface area contributed by atoms with Gasteiger partial charge in [-0.1, -0.05) is 13.0 Å². The molecule has 0 radical (unpaired) electrons. The quantitative estimate of drug-likeness (QED) is 0.493. The number of hydrogen-bond acceptors (Lipinski definition) is 0. The second kappa shape index (κ2) is 5.81. The molecule has 0 spiro atoms. The molecule has 1 heterocycles. The van der Waals surface area contributed by atoms with E-state index in [-0.39, 0.29) is 0 Å². The summed E-state index contributed by atoms with van der Waals surface area (Å²) in [6.45, 7) is 13.0. The van der Waals surface area contributed by atoms with Crippen molar-refractivity contribution in [2.24, 2.45) is 0 Å². The van der Waals surface area contributed by atoms with Crippen LogP contribution in [0.3, 0.4) is 0 Å². The van der Waals surface area contributed by atoms with Gasteiger partial charge in [-0.15, -0.1) is 0 Å². The Bertz CT molecular complexity index is 880. The molecule has 0 atom stereocenters. The van der Waals surface area contributed by atoms with Gasteiger partial charge in [0, 0.05) is 6.07 Å². The summed E-state index contributed by atoms with van der Waals surface area (Å²) in [5.41, 5.74) is 9.94. The molecule has 0 aliphatic carbocycles. The van der Waals surface area contributed by atoms with Crippen LogP contribution in [0.1, 0.15) is 40.3 Å². The van der Waals surface area contributed by atoms with Gasteiger partial charge in [0.2, 0.25) is 0 Å². The van der Waals surface area contributed by atoms with Gasteiger partial charge in [0.15, 0.2) is 0 Å². The average molecular weight is 305 g/mol. The van der Waals surface area contributed by atoms with E-state index in [0.717, 1.165) is 17.8 Å². The van der Waals surface area contributed by atoms with E-state index in [1.54, 1.807) is 0 Å². The van der Waals surface area contributed by atoms with Crippen molar-refractivity contribution >= 4 is 11.0 Å². The lowest BCUT2D eigenvalue weighted by Crippen LogP contribution is -1.93. The lowest BCUT2D eigenvalue weighted by atomic mass is 9.96. The van der Waals surface area contributed by atoms with Gasteiger partial charge in [0.25, 0.3) is 0 Å². The minimum absolute atomic E-state index is 0.983. The molecule has 0 aliphatic rings. The zero-order chi connectivity index (χ0) is 16.7. The maximum atomic E-state index is 6.35. The minimum Gasteiger partial charge on any atom is -0.207 e. The van der Waals surface area contributed by atoms with Crippen molar-refractivity contribution in [3.8, 4) is 11.3 Å². The first-order chi connectivity index (χ1) is 10.9. The van der Waals surface area contributed by atoms with Crippen LogP contribution in [0.2, 0.25) is 0 Å². The molecular formula is C22H25O+. The van der Waals surface area contributed by atoms with Crippen LogP contribution in [0.5, 0.6) is 0 Å². The van der Waals surface area contributed by atoms with E-state index in [0.29, 0.717) is 0 Å². The normalized spacial score (nSPS) is 11.2. The van der Waals surface area contributed by atoms with Gasteiger partial charge in [-0.3, -0.25) is 0 Å². The molecule has 0 fully saturated rings. The average Bonchev–Trinajstić information content (AvgIpc) is 2.51.